The van der Waals surface area contributed by atoms with Gasteiger partial charge in [-0.2, -0.15) is 0 Å². The molecular weight excluding hydrogens is 887 g/mol. The summed E-state index contributed by atoms with van der Waals surface area (Å²) in [5.41, 5.74) is 15.8. The fourth-order valence-electron chi connectivity index (χ4n) is 13.7. The van der Waals surface area contributed by atoms with Crippen LogP contribution >= 0.6 is 24.8 Å². The second-order valence-electron chi connectivity index (χ2n) is 20.4. The van der Waals surface area contributed by atoms with Crippen molar-refractivity contribution in [2.45, 2.75) is 119 Å². The predicted molar refractivity (Wildman–Crippen MR) is 276 cm³/mol. The van der Waals surface area contributed by atoms with Gasteiger partial charge < -0.3 is 0 Å². The summed E-state index contributed by atoms with van der Waals surface area (Å²) in [7, 11) is 0. The Morgan fingerprint density at radius 3 is 1.26 bits per heavy atom. The largest absolute Gasteiger partial charge is 0.147 e. The van der Waals surface area contributed by atoms with Gasteiger partial charge in [0.1, 0.15) is 0 Å². The molecule has 0 heterocycles. The smallest absolute Gasteiger partial charge is 0.147 e. The number of hydrogen-bond acceptors (Lipinski definition) is 0. The van der Waals surface area contributed by atoms with Crippen LogP contribution in [-0.2, 0) is 17.4 Å². The van der Waals surface area contributed by atoms with Crippen LogP contribution in [0.25, 0.3) is 56.0 Å². The summed E-state index contributed by atoms with van der Waals surface area (Å²) in [5.74, 6) is 1.60. The molecule has 0 bridgehead atoms. The molecule has 6 aromatic rings. The van der Waals surface area contributed by atoms with Crippen molar-refractivity contribution in [1.82, 2.24) is 0 Å². The topological polar surface area (TPSA) is 0 Å². The maximum atomic E-state index is 3.00. The van der Waals surface area contributed by atoms with Crippen LogP contribution in [0.15, 0.2) is 132 Å². The Hall–Kier alpha value is -3.00. The van der Waals surface area contributed by atoms with E-state index in [0.29, 0.717) is 7.25 Å². The number of rotatable bonds is 10. The third-order valence-corrected chi connectivity index (χ3v) is 39.7. The van der Waals surface area contributed by atoms with Crippen LogP contribution in [0.5, 0.6) is 0 Å². The quantitative estimate of drug-likeness (QED) is 0.0948. The molecule has 6 aromatic carbocycles. The van der Waals surface area contributed by atoms with Crippen molar-refractivity contribution in [2.24, 2.45) is 11.8 Å². The Labute approximate surface area is 387 Å². The van der Waals surface area contributed by atoms with Crippen molar-refractivity contribution in [3.05, 3.63) is 155 Å². The second-order valence-corrected chi connectivity index (χ2v) is 48.8. The first-order valence-electron chi connectivity index (χ1n) is 24.1. The molecule has 2 saturated carbocycles. The molecule has 0 N–H and O–H groups in total. The Balaban J connectivity index is 0.00000264. The average molecular weight is 955 g/mol. The Morgan fingerprint density at radius 2 is 0.839 bits per heavy atom. The van der Waals surface area contributed by atoms with Crippen LogP contribution in [-0.4, -0.2) is 6.88 Å². The molecule has 322 valence electrons. The van der Waals surface area contributed by atoms with Crippen molar-refractivity contribution in [2.75, 3.05) is 0 Å². The van der Waals surface area contributed by atoms with Gasteiger partial charge in [-0.1, -0.05) is 0 Å². The van der Waals surface area contributed by atoms with Gasteiger partial charge in [0.2, 0.25) is 0 Å². The van der Waals surface area contributed by atoms with Crippen molar-refractivity contribution in [3.8, 4) is 22.3 Å². The van der Waals surface area contributed by atoms with Gasteiger partial charge >= 0.3 is 366 Å². The van der Waals surface area contributed by atoms with Crippen molar-refractivity contribution < 1.29 is 17.4 Å². The molecule has 0 spiro atoms. The molecule has 0 aromatic heterocycles. The molecule has 2 fully saturated rings. The van der Waals surface area contributed by atoms with Crippen LogP contribution in [0, 0.1) is 11.8 Å². The number of fused-ring (bicyclic) bond motifs is 4. The molecule has 4 aliphatic rings. The van der Waals surface area contributed by atoms with Gasteiger partial charge in [0.15, 0.2) is 0 Å². The Bertz CT molecular complexity index is 2500. The fourth-order valence-corrected chi connectivity index (χ4v) is 39.5. The zero-order valence-electron chi connectivity index (χ0n) is 37.3. The minimum atomic E-state index is -4.05. The van der Waals surface area contributed by atoms with E-state index >= 15 is 0 Å². The summed E-state index contributed by atoms with van der Waals surface area (Å²) >= 11 is -4.05. The molecule has 2 atom stereocenters. The van der Waals surface area contributed by atoms with E-state index in [9.17, 15) is 0 Å². The summed E-state index contributed by atoms with van der Waals surface area (Å²) in [5, 5.41) is 5.43. The van der Waals surface area contributed by atoms with Crippen LogP contribution in [0.1, 0.15) is 133 Å². The molecule has 10 rings (SSSR count). The molecule has 0 saturated heterocycles. The van der Waals surface area contributed by atoms with Gasteiger partial charge in [-0.05, 0) is 0 Å². The van der Waals surface area contributed by atoms with Gasteiger partial charge in [0.25, 0.3) is 0 Å². The standard InChI is InChI=1S/2C27H27.C3H7.CH3.2ClH.H2Si.Zr/c2*1-2-4-10-20(9-3-1)17-21-18-23-13-8-16-26(27(23)19-21)25-15-7-12-22-11-5-6-14-24(22)25;1-3-2;;;;;/h2*5-8,11-16,18-20H,1-4,9-10,17H2;1,3H2,2H3;1H3;2*1H;1H2;. The zero-order chi connectivity index (χ0) is 40.7. The van der Waals surface area contributed by atoms with Crippen LogP contribution in [0.4, 0.5) is 0 Å². The van der Waals surface area contributed by atoms with Crippen LogP contribution < -0.4 is 0 Å². The summed E-state index contributed by atoms with van der Waals surface area (Å²) in [6, 6.07) is 47.1. The molecule has 4 aliphatic carbocycles. The normalized spacial score (nSPS) is 19.7. The molecular formula is C58H68Cl2SiZr. The van der Waals surface area contributed by atoms with Crippen molar-refractivity contribution in [3.63, 3.8) is 0 Å². The van der Waals surface area contributed by atoms with Gasteiger partial charge in [-0.15, -0.1) is 24.8 Å². The molecule has 0 amide bonds. The van der Waals surface area contributed by atoms with Crippen molar-refractivity contribution >= 4 is 65.4 Å². The third-order valence-electron chi connectivity index (χ3n) is 16.2. The summed E-state index contributed by atoms with van der Waals surface area (Å²) in [4.78, 5) is 0. The van der Waals surface area contributed by atoms with E-state index in [1.54, 1.807) is 22.3 Å². The molecule has 0 radical (unpaired) electrons. The third kappa shape index (κ3) is 8.39. The van der Waals surface area contributed by atoms with Crippen LogP contribution in [0.2, 0.25) is 8.76 Å². The van der Waals surface area contributed by atoms with E-state index in [4.69, 9.17) is 0 Å². The summed E-state index contributed by atoms with van der Waals surface area (Å²) in [6.45, 7) is 5.18. The minimum Gasteiger partial charge on any atom is -0.147 e. The van der Waals surface area contributed by atoms with E-state index in [-0.39, 0.29) is 24.8 Å². The first-order chi connectivity index (χ1) is 29.4. The van der Waals surface area contributed by atoms with E-state index in [1.807, 2.05) is 11.1 Å². The molecule has 0 nitrogen and oxygen atoms in total. The minimum absolute atomic E-state index is 0. The Kier molecular flexibility index (Phi) is 14.1. The second kappa shape index (κ2) is 19.2. The van der Waals surface area contributed by atoms with E-state index in [0.717, 1.165) is 11.8 Å². The van der Waals surface area contributed by atoms with Gasteiger partial charge in [-0.3, -0.25) is 0 Å². The predicted octanol–water partition coefficient (Wildman–Crippen LogP) is 17.6. The summed E-state index contributed by atoms with van der Waals surface area (Å²) < 4.78 is 5.50. The van der Waals surface area contributed by atoms with E-state index in [1.165, 1.54) is 144 Å². The molecule has 62 heavy (non-hydrogen) atoms. The van der Waals surface area contributed by atoms with E-state index < -0.39 is 17.4 Å². The first-order valence-corrected chi connectivity index (χ1v) is 37.0. The molecule has 0 aliphatic heterocycles. The summed E-state index contributed by atoms with van der Waals surface area (Å²) in [6.07, 6.45) is 26.3. The number of benzene rings is 6. The van der Waals surface area contributed by atoms with Crippen LogP contribution in [0.3, 0.4) is 0 Å². The van der Waals surface area contributed by atoms with E-state index in [2.05, 4.69) is 152 Å². The first kappa shape index (κ1) is 45.6. The maximum Gasteiger partial charge on any atom is -0.147 e. The molecule has 2 unspecified atom stereocenters. The van der Waals surface area contributed by atoms with Crippen molar-refractivity contribution in [1.29, 1.82) is 0 Å². The monoisotopic (exact) mass is 952 g/mol. The Morgan fingerprint density at radius 1 is 0.468 bits per heavy atom. The average Bonchev–Trinajstić information content (AvgIpc) is 3.58. The number of halogens is 2. The number of allylic oxidation sites excluding steroid dienone is 2. The van der Waals surface area contributed by atoms with Gasteiger partial charge in [-0.25, -0.2) is 0 Å². The number of hydrogen-bond donors (Lipinski definition) is 0. The van der Waals surface area contributed by atoms with Gasteiger partial charge in [0.05, 0.1) is 0 Å². The SMILES string of the molecule is CC[CH2][Zr]([CH3])(=[SiH2])([CH]1C(CC2CCCCCC2)=Cc2c(-c3cccc4ccccc34)cccc21)[CH]1C(CC2CCCCCC2)=Cc2c(-c3cccc4ccccc34)cccc21.Cl.Cl. The molecule has 4 heteroatoms. The van der Waals surface area contributed by atoms with Gasteiger partial charge in [0, 0.05) is 0 Å². The maximum absolute atomic E-state index is 4.05. The zero-order valence-corrected chi connectivity index (χ0v) is 42.9. The fraction of sp³-hybridized carbons (Fsp3) is 0.379.